The average Bonchev–Trinajstić information content (AvgIpc) is 3.12. The van der Waals surface area contributed by atoms with Crippen molar-refractivity contribution in [2.75, 3.05) is 33.3 Å². The average molecular weight is 344 g/mol. The number of hydrogen-bond acceptors (Lipinski definition) is 4. The summed E-state index contributed by atoms with van der Waals surface area (Å²) in [5.74, 6) is 1.02. The van der Waals surface area contributed by atoms with Gasteiger partial charge < -0.3 is 14.5 Å². The van der Waals surface area contributed by atoms with Crippen LogP contribution >= 0.6 is 0 Å². The molecule has 3 atom stereocenters. The fourth-order valence-corrected chi connectivity index (χ4v) is 4.51. The third-order valence-corrected chi connectivity index (χ3v) is 5.73. The van der Waals surface area contributed by atoms with Crippen molar-refractivity contribution in [2.24, 2.45) is 11.8 Å². The van der Waals surface area contributed by atoms with Gasteiger partial charge >= 0.3 is 5.97 Å². The van der Waals surface area contributed by atoms with Crippen molar-refractivity contribution in [3.8, 4) is 0 Å². The standard InChI is InChI=1S/C20H28N2O3/c1-14-7-4-5-8-17(14)20-18-13-21(10-6-9-19(24)25-3)11-16(18)12-22(20)15(2)23/h4-5,7-8,16,18,20H,6,9-13H2,1-3H3/t16-,18-,20-/m1/s1. The lowest BCUT2D eigenvalue weighted by atomic mass is 9.87. The van der Waals surface area contributed by atoms with Gasteiger partial charge in [0.05, 0.1) is 13.2 Å². The Morgan fingerprint density at radius 1 is 1.20 bits per heavy atom. The molecule has 0 N–H and O–H groups in total. The Bertz CT molecular complexity index is 646. The summed E-state index contributed by atoms with van der Waals surface area (Å²) < 4.78 is 4.72. The Kier molecular flexibility index (Phi) is 5.42. The molecule has 25 heavy (non-hydrogen) atoms. The zero-order chi connectivity index (χ0) is 18.0. The van der Waals surface area contributed by atoms with E-state index in [0.29, 0.717) is 18.3 Å². The minimum absolute atomic E-state index is 0.139. The van der Waals surface area contributed by atoms with Gasteiger partial charge in [-0.25, -0.2) is 0 Å². The van der Waals surface area contributed by atoms with E-state index >= 15 is 0 Å². The van der Waals surface area contributed by atoms with Crippen LogP contribution in [0.1, 0.15) is 36.9 Å². The van der Waals surface area contributed by atoms with Gasteiger partial charge in [-0.05, 0) is 36.9 Å². The van der Waals surface area contributed by atoms with E-state index in [1.807, 2.05) is 0 Å². The fraction of sp³-hybridized carbons (Fsp3) is 0.600. The number of amides is 1. The maximum atomic E-state index is 12.2. The van der Waals surface area contributed by atoms with Crippen LogP contribution in [0.15, 0.2) is 24.3 Å². The molecule has 5 heteroatoms. The third kappa shape index (κ3) is 3.71. The van der Waals surface area contributed by atoms with Crippen molar-refractivity contribution >= 4 is 11.9 Å². The second-order valence-corrected chi connectivity index (χ2v) is 7.34. The molecule has 1 aromatic carbocycles. The first-order valence-corrected chi connectivity index (χ1v) is 9.13. The number of likely N-dealkylation sites (tertiary alicyclic amines) is 2. The number of rotatable bonds is 5. The number of fused-ring (bicyclic) bond motifs is 1. The van der Waals surface area contributed by atoms with Crippen molar-refractivity contribution in [1.29, 1.82) is 0 Å². The largest absolute Gasteiger partial charge is 0.469 e. The molecule has 2 heterocycles. The highest BCUT2D eigenvalue weighted by molar-refractivity contribution is 5.74. The van der Waals surface area contributed by atoms with Crippen molar-refractivity contribution in [3.63, 3.8) is 0 Å². The molecule has 1 aromatic rings. The summed E-state index contributed by atoms with van der Waals surface area (Å²) in [6.07, 6.45) is 1.31. The number of aryl methyl sites for hydroxylation is 1. The Labute approximate surface area is 149 Å². The van der Waals surface area contributed by atoms with Gasteiger partial charge in [-0.2, -0.15) is 0 Å². The number of benzene rings is 1. The topological polar surface area (TPSA) is 49.9 Å². The monoisotopic (exact) mass is 344 g/mol. The number of carbonyl (C=O) groups is 2. The molecule has 0 unspecified atom stereocenters. The first-order valence-electron chi connectivity index (χ1n) is 9.13. The highest BCUT2D eigenvalue weighted by Crippen LogP contribution is 2.45. The summed E-state index contributed by atoms with van der Waals surface area (Å²) in [6, 6.07) is 8.59. The van der Waals surface area contributed by atoms with Crippen LogP contribution in [-0.2, 0) is 14.3 Å². The Morgan fingerprint density at radius 2 is 1.96 bits per heavy atom. The second-order valence-electron chi connectivity index (χ2n) is 7.34. The molecule has 136 valence electrons. The van der Waals surface area contributed by atoms with Crippen LogP contribution in [0.5, 0.6) is 0 Å². The van der Waals surface area contributed by atoms with Crippen LogP contribution in [0.4, 0.5) is 0 Å². The molecule has 0 radical (unpaired) electrons. The lowest BCUT2D eigenvalue weighted by Gasteiger charge is -2.30. The molecular formula is C20H28N2O3. The normalized spacial score (nSPS) is 25.9. The molecule has 0 saturated carbocycles. The van der Waals surface area contributed by atoms with Crippen LogP contribution in [-0.4, -0.2) is 55.0 Å². The first-order chi connectivity index (χ1) is 12.0. The van der Waals surface area contributed by atoms with Gasteiger partial charge in [-0.15, -0.1) is 0 Å². The van der Waals surface area contributed by atoms with Crippen molar-refractivity contribution in [3.05, 3.63) is 35.4 Å². The van der Waals surface area contributed by atoms with Gasteiger partial charge in [-0.3, -0.25) is 9.59 Å². The molecule has 5 nitrogen and oxygen atoms in total. The van der Waals surface area contributed by atoms with E-state index in [0.717, 1.165) is 32.6 Å². The third-order valence-electron chi connectivity index (χ3n) is 5.73. The first kappa shape index (κ1) is 17.9. The zero-order valence-corrected chi connectivity index (χ0v) is 15.4. The highest BCUT2D eigenvalue weighted by Gasteiger charge is 2.48. The van der Waals surface area contributed by atoms with Crippen molar-refractivity contribution < 1.29 is 14.3 Å². The van der Waals surface area contributed by atoms with E-state index < -0.39 is 0 Å². The van der Waals surface area contributed by atoms with Crippen LogP contribution in [0.2, 0.25) is 0 Å². The molecule has 2 fully saturated rings. The molecule has 2 aliphatic rings. The number of carbonyl (C=O) groups excluding carboxylic acids is 2. The van der Waals surface area contributed by atoms with Gasteiger partial charge in [0.25, 0.3) is 0 Å². The molecule has 2 aliphatic heterocycles. The lowest BCUT2D eigenvalue weighted by molar-refractivity contribution is -0.140. The van der Waals surface area contributed by atoms with Crippen LogP contribution in [0.25, 0.3) is 0 Å². The summed E-state index contributed by atoms with van der Waals surface area (Å²) in [6.45, 7) is 7.58. The van der Waals surface area contributed by atoms with Gasteiger partial charge in [0, 0.05) is 38.9 Å². The summed E-state index contributed by atoms with van der Waals surface area (Å²) in [5.41, 5.74) is 2.53. The summed E-state index contributed by atoms with van der Waals surface area (Å²) in [4.78, 5) is 28.0. The van der Waals surface area contributed by atoms with Crippen molar-refractivity contribution in [1.82, 2.24) is 9.80 Å². The van der Waals surface area contributed by atoms with Gasteiger partial charge in [0.1, 0.15) is 0 Å². The number of ether oxygens (including phenoxy) is 1. The number of nitrogens with zero attached hydrogens (tertiary/aromatic N) is 2. The lowest BCUT2D eigenvalue weighted by Crippen LogP contribution is -2.35. The van der Waals surface area contributed by atoms with Crippen LogP contribution < -0.4 is 0 Å². The van der Waals surface area contributed by atoms with E-state index in [4.69, 9.17) is 4.74 Å². The zero-order valence-electron chi connectivity index (χ0n) is 15.4. The molecule has 0 aliphatic carbocycles. The highest BCUT2D eigenvalue weighted by atomic mass is 16.5. The fourth-order valence-electron chi connectivity index (χ4n) is 4.51. The molecule has 2 saturated heterocycles. The molecule has 0 bridgehead atoms. The Morgan fingerprint density at radius 3 is 2.64 bits per heavy atom. The number of hydrogen-bond donors (Lipinski definition) is 0. The van der Waals surface area contributed by atoms with E-state index in [1.54, 1.807) is 6.92 Å². The van der Waals surface area contributed by atoms with Crippen molar-refractivity contribution in [2.45, 2.75) is 32.7 Å². The van der Waals surface area contributed by atoms with Gasteiger partial charge in [0.15, 0.2) is 0 Å². The quantitative estimate of drug-likeness (QED) is 0.770. The Balaban J connectivity index is 1.70. The predicted molar refractivity (Wildman–Crippen MR) is 96.0 cm³/mol. The van der Waals surface area contributed by atoms with Gasteiger partial charge in [0.2, 0.25) is 5.91 Å². The SMILES string of the molecule is COC(=O)CCCN1C[C@@H]2CN(C(C)=O)[C@H](c3ccccc3C)[C@@H]2C1. The minimum atomic E-state index is -0.139. The number of esters is 1. The molecule has 1 amide bonds. The maximum absolute atomic E-state index is 12.2. The van der Waals surface area contributed by atoms with E-state index in [9.17, 15) is 9.59 Å². The van der Waals surface area contributed by atoms with Crippen LogP contribution in [0.3, 0.4) is 0 Å². The van der Waals surface area contributed by atoms with E-state index in [-0.39, 0.29) is 17.9 Å². The second kappa shape index (κ2) is 7.56. The molecule has 3 rings (SSSR count). The van der Waals surface area contributed by atoms with E-state index in [1.165, 1.54) is 18.2 Å². The summed E-state index contributed by atoms with van der Waals surface area (Å²) in [7, 11) is 1.44. The minimum Gasteiger partial charge on any atom is -0.469 e. The Hall–Kier alpha value is -1.88. The number of methoxy groups -OCH3 is 1. The molecule has 0 spiro atoms. The molecular weight excluding hydrogens is 316 g/mol. The summed E-state index contributed by atoms with van der Waals surface area (Å²) in [5, 5.41) is 0. The smallest absolute Gasteiger partial charge is 0.305 e. The summed E-state index contributed by atoms with van der Waals surface area (Å²) >= 11 is 0. The predicted octanol–water partition coefficient (Wildman–Crippen LogP) is 2.40. The van der Waals surface area contributed by atoms with E-state index in [2.05, 4.69) is 41.0 Å². The maximum Gasteiger partial charge on any atom is 0.305 e. The van der Waals surface area contributed by atoms with Crippen LogP contribution in [0, 0.1) is 18.8 Å². The van der Waals surface area contributed by atoms with Gasteiger partial charge in [-0.1, -0.05) is 24.3 Å². The molecule has 0 aromatic heterocycles.